The van der Waals surface area contributed by atoms with Gasteiger partial charge in [0.25, 0.3) is 0 Å². The van der Waals surface area contributed by atoms with Crippen LogP contribution in [0.4, 0.5) is 0 Å². The predicted octanol–water partition coefficient (Wildman–Crippen LogP) is 3.37. The fraction of sp³-hybridized carbons (Fsp3) is 0.308. The van der Waals surface area contributed by atoms with Gasteiger partial charge >= 0.3 is 0 Å². The summed E-state index contributed by atoms with van der Waals surface area (Å²) in [6, 6.07) is 6.03. The normalized spacial score (nSPS) is 10.8. The maximum atomic E-state index is 11.0. The highest BCUT2D eigenvalue weighted by Crippen LogP contribution is 2.26. The van der Waals surface area contributed by atoms with Crippen molar-refractivity contribution in [1.82, 2.24) is 0 Å². The van der Waals surface area contributed by atoms with E-state index in [4.69, 9.17) is 4.42 Å². The highest BCUT2D eigenvalue weighted by Gasteiger charge is 2.11. The van der Waals surface area contributed by atoms with Crippen LogP contribution in [0.3, 0.4) is 0 Å². The Kier molecular flexibility index (Phi) is 2.58. The van der Waals surface area contributed by atoms with Crippen LogP contribution in [-0.2, 0) is 12.8 Å². The highest BCUT2D eigenvalue weighted by molar-refractivity contribution is 5.97. The standard InChI is InChI=1S/C13H14O2/c1-3-9-5-6-10-11(8-14)12(4-2)15-13(10)7-9/h5-8H,3-4H2,1-2H3. The molecule has 0 saturated carbocycles. The molecule has 0 unspecified atom stereocenters. The van der Waals surface area contributed by atoms with Crippen molar-refractivity contribution in [3.63, 3.8) is 0 Å². The third kappa shape index (κ3) is 1.56. The Balaban J connectivity index is 2.70. The molecule has 0 N–H and O–H groups in total. The quantitative estimate of drug-likeness (QED) is 0.714. The summed E-state index contributed by atoms with van der Waals surface area (Å²) in [6.45, 7) is 4.09. The van der Waals surface area contributed by atoms with E-state index in [1.54, 1.807) is 0 Å². The van der Waals surface area contributed by atoms with Crippen LogP contribution in [0.25, 0.3) is 11.0 Å². The second-order valence-corrected chi connectivity index (χ2v) is 3.59. The Bertz CT molecular complexity index is 494. The van der Waals surface area contributed by atoms with E-state index >= 15 is 0 Å². The van der Waals surface area contributed by atoms with Gasteiger partial charge in [-0.05, 0) is 18.1 Å². The summed E-state index contributed by atoms with van der Waals surface area (Å²) in [7, 11) is 0. The molecule has 0 saturated heterocycles. The Morgan fingerprint density at radius 1 is 1.27 bits per heavy atom. The largest absolute Gasteiger partial charge is 0.460 e. The lowest BCUT2D eigenvalue weighted by molar-refractivity contribution is 0.112. The molecule has 78 valence electrons. The Morgan fingerprint density at radius 3 is 2.67 bits per heavy atom. The van der Waals surface area contributed by atoms with E-state index in [9.17, 15) is 4.79 Å². The fourth-order valence-electron chi connectivity index (χ4n) is 1.82. The third-order valence-electron chi connectivity index (χ3n) is 2.72. The van der Waals surface area contributed by atoms with Gasteiger partial charge in [0.05, 0.1) is 5.56 Å². The van der Waals surface area contributed by atoms with Gasteiger partial charge in [0, 0.05) is 11.8 Å². The van der Waals surface area contributed by atoms with Crippen molar-refractivity contribution < 1.29 is 9.21 Å². The highest BCUT2D eigenvalue weighted by atomic mass is 16.3. The van der Waals surface area contributed by atoms with Crippen LogP contribution in [0, 0.1) is 0 Å². The van der Waals surface area contributed by atoms with Crippen molar-refractivity contribution in [3.05, 3.63) is 35.1 Å². The Morgan fingerprint density at radius 2 is 2.07 bits per heavy atom. The summed E-state index contributed by atoms with van der Waals surface area (Å²) < 4.78 is 5.65. The van der Waals surface area contributed by atoms with E-state index in [0.717, 1.165) is 35.9 Å². The predicted molar refractivity (Wildman–Crippen MR) is 60.4 cm³/mol. The van der Waals surface area contributed by atoms with Crippen LogP contribution < -0.4 is 0 Å². The molecule has 0 bridgehead atoms. The topological polar surface area (TPSA) is 30.2 Å². The lowest BCUT2D eigenvalue weighted by atomic mass is 10.1. The third-order valence-corrected chi connectivity index (χ3v) is 2.72. The number of hydrogen-bond acceptors (Lipinski definition) is 2. The zero-order chi connectivity index (χ0) is 10.8. The molecule has 0 spiro atoms. The molecule has 1 aromatic carbocycles. The van der Waals surface area contributed by atoms with Crippen molar-refractivity contribution >= 4 is 17.3 Å². The Hall–Kier alpha value is -1.57. The molecule has 2 rings (SSSR count). The average Bonchev–Trinajstić information content (AvgIpc) is 2.65. The molecule has 0 aliphatic carbocycles. The molecule has 1 aromatic heterocycles. The van der Waals surface area contributed by atoms with Gasteiger partial charge in [-0.2, -0.15) is 0 Å². The van der Waals surface area contributed by atoms with Crippen molar-refractivity contribution in [2.45, 2.75) is 26.7 Å². The summed E-state index contributed by atoms with van der Waals surface area (Å²) in [6.07, 6.45) is 2.62. The molecule has 0 aliphatic rings. The van der Waals surface area contributed by atoms with E-state index in [2.05, 4.69) is 6.92 Å². The van der Waals surface area contributed by atoms with Gasteiger partial charge in [-0.15, -0.1) is 0 Å². The zero-order valence-electron chi connectivity index (χ0n) is 9.04. The lowest BCUT2D eigenvalue weighted by Crippen LogP contribution is -1.84. The monoisotopic (exact) mass is 202 g/mol. The van der Waals surface area contributed by atoms with Gasteiger partial charge in [-0.3, -0.25) is 4.79 Å². The number of benzene rings is 1. The van der Waals surface area contributed by atoms with Gasteiger partial charge in [0.15, 0.2) is 6.29 Å². The number of aldehydes is 1. The lowest BCUT2D eigenvalue weighted by Gasteiger charge is -1.94. The van der Waals surface area contributed by atoms with Gasteiger partial charge in [0.2, 0.25) is 0 Å². The first-order valence-corrected chi connectivity index (χ1v) is 5.29. The number of fused-ring (bicyclic) bond motifs is 1. The number of carbonyl (C=O) groups is 1. The number of rotatable bonds is 3. The van der Waals surface area contributed by atoms with E-state index in [1.807, 2.05) is 25.1 Å². The van der Waals surface area contributed by atoms with Crippen molar-refractivity contribution in [1.29, 1.82) is 0 Å². The van der Waals surface area contributed by atoms with Crippen LogP contribution >= 0.6 is 0 Å². The number of furan rings is 1. The SMILES string of the molecule is CCc1ccc2c(C=O)c(CC)oc2c1. The maximum absolute atomic E-state index is 11.0. The first kappa shape index (κ1) is 9.97. The first-order valence-electron chi connectivity index (χ1n) is 5.29. The molecule has 15 heavy (non-hydrogen) atoms. The molecule has 0 fully saturated rings. The molecule has 2 nitrogen and oxygen atoms in total. The molecule has 0 radical (unpaired) electrons. The maximum Gasteiger partial charge on any atom is 0.154 e. The molecular weight excluding hydrogens is 188 g/mol. The van der Waals surface area contributed by atoms with Gasteiger partial charge in [-0.1, -0.05) is 26.0 Å². The minimum atomic E-state index is 0.704. The summed E-state index contributed by atoms with van der Waals surface area (Å²) in [5.74, 6) is 0.785. The van der Waals surface area contributed by atoms with Crippen LogP contribution in [0.15, 0.2) is 22.6 Å². The number of hydrogen-bond donors (Lipinski definition) is 0. The van der Waals surface area contributed by atoms with Gasteiger partial charge in [-0.25, -0.2) is 0 Å². The fourth-order valence-corrected chi connectivity index (χ4v) is 1.82. The van der Waals surface area contributed by atoms with E-state index in [-0.39, 0.29) is 0 Å². The molecule has 1 heterocycles. The second kappa shape index (κ2) is 3.89. The number of aryl methyl sites for hydroxylation is 2. The van der Waals surface area contributed by atoms with E-state index in [0.29, 0.717) is 5.56 Å². The average molecular weight is 202 g/mol. The van der Waals surface area contributed by atoms with Crippen LogP contribution in [0.1, 0.15) is 35.5 Å². The first-order chi connectivity index (χ1) is 7.30. The minimum absolute atomic E-state index is 0.704. The van der Waals surface area contributed by atoms with Crippen molar-refractivity contribution in [2.75, 3.05) is 0 Å². The zero-order valence-corrected chi connectivity index (χ0v) is 9.04. The minimum Gasteiger partial charge on any atom is -0.460 e. The molecule has 0 aliphatic heterocycles. The van der Waals surface area contributed by atoms with Crippen LogP contribution in [-0.4, -0.2) is 6.29 Å². The molecule has 2 aromatic rings. The second-order valence-electron chi connectivity index (χ2n) is 3.59. The van der Waals surface area contributed by atoms with Crippen LogP contribution in [0.5, 0.6) is 0 Å². The molecule has 0 amide bonds. The summed E-state index contributed by atoms with van der Waals surface area (Å²) in [5.41, 5.74) is 2.76. The number of carbonyl (C=O) groups excluding carboxylic acids is 1. The van der Waals surface area contributed by atoms with Crippen LogP contribution in [0.2, 0.25) is 0 Å². The van der Waals surface area contributed by atoms with Crippen molar-refractivity contribution in [3.8, 4) is 0 Å². The molecule has 0 atom stereocenters. The smallest absolute Gasteiger partial charge is 0.154 e. The summed E-state index contributed by atoms with van der Waals surface area (Å²) >= 11 is 0. The summed E-state index contributed by atoms with van der Waals surface area (Å²) in [5, 5.41) is 0.930. The van der Waals surface area contributed by atoms with Crippen molar-refractivity contribution in [2.24, 2.45) is 0 Å². The summed E-state index contributed by atoms with van der Waals surface area (Å²) in [4.78, 5) is 11.0. The Labute approximate surface area is 88.9 Å². The molecule has 2 heteroatoms. The van der Waals surface area contributed by atoms with E-state index < -0.39 is 0 Å². The molecular formula is C13H14O2. The van der Waals surface area contributed by atoms with Gasteiger partial charge < -0.3 is 4.42 Å². The van der Waals surface area contributed by atoms with Gasteiger partial charge in [0.1, 0.15) is 11.3 Å². The van der Waals surface area contributed by atoms with E-state index in [1.165, 1.54) is 5.56 Å².